The van der Waals surface area contributed by atoms with Gasteiger partial charge >= 0.3 is 0 Å². The van der Waals surface area contributed by atoms with E-state index in [0.29, 0.717) is 0 Å². The molecule has 42 heavy (non-hydrogen) atoms. The third-order valence-electron chi connectivity index (χ3n) is 8.13. The Morgan fingerprint density at radius 2 is 1.57 bits per heavy atom. The van der Waals surface area contributed by atoms with Crippen LogP contribution in [-0.4, -0.2) is 11.7 Å². The maximum absolute atomic E-state index is 6.55. The molecule has 3 aromatic carbocycles. The van der Waals surface area contributed by atoms with Crippen molar-refractivity contribution in [3.8, 4) is 22.1 Å². The monoisotopic (exact) mass is 587 g/mol. The van der Waals surface area contributed by atoms with Crippen LogP contribution in [0.5, 0.6) is 10.8 Å². The maximum atomic E-state index is 6.55. The molecular formula is C36H33N3OS2. The van der Waals surface area contributed by atoms with Crippen molar-refractivity contribution in [1.29, 1.82) is 0 Å². The van der Waals surface area contributed by atoms with Gasteiger partial charge in [0.2, 0.25) is 0 Å². The number of hydrogen-bond acceptors (Lipinski definition) is 6. The number of fused-ring (bicyclic) bond motifs is 2. The Morgan fingerprint density at radius 3 is 2.36 bits per heavy atom. The maximum Gasteiger partial charge on any atom is 0.182 e. The molecule has 0 N–H and O–H groups in total. The van der Waals surface area contributed by atoms with Gasteiger partial charge in [-0.15, -0.1) is 11.3 Å². The van der Waals surface area contributed by atoms with E-state index < -0.39 is 0 Å². The molecule has 3 aromatic heterocycles. The number of benzene rings is 3. The summed E-state index contributed by atoms with van der Waals surface area (Å²) in [5.41, 5.74) is 8.36. The van der Waals surface area contributed by atoms with Crippen LogP contribution in [0.1, 0.15) is 40.2 Å². The number of ether oxygens (including phenoxy) is 1. The summed E-state index contributed by atoms with van der Waals surface area (Å²) < 4.78 is 9.03. The zero-order valence-corrected chi connectivity index (χ0v) is 26.1. The molecule has 6 aromatic rings. The van der Waals surface area contributed by atoms with Crippen LogP contribution in [0.2, 0.25) is 0 Å². The lowest BCUT2D eigenvalue weighted by Gasteiger charge is -2.24. The minimum absolute atomic E-state index is 0.0492. The molecule has 6 heteroatoms. The average molecular weight is 588 g/mol. The Labute approximate surface area is 255 Å². The molecule has 7 rings (SSSR count). The first-order chi connectivity index (χ1) is 20.3. The van der Waals surface area contributed by atoms with Gasteiger partial charge in [-0.25, -0.2) is 0 Å². The minimum Gasteiger partial charge on any atom is -0.447 e. The number of pyridine rings is 1. The number of rotatable bonds is 5. The highest BCUT2D eigenvalue weighted by molar-refractivity contribution is 7.21. The van der Waals surface area contributed by atoms with E-state index in [4.69, 9.17) is 9.72 Å². The van der Waals surface area contributed by atoms with Gasteiger partial charge in [0.15, 0.2) is 5.06 Å². The minimum atomic E-state index is 0.0492. The number of anilines is 2. The molecule has 210 valence electrons. The topological polar surface area (TPSA) is 28.6 Å². The molecule has 4 heterocycles. The van der Waals surface area contributed by atoms with Crippen molar-refractivity contribution in [1.82, 2.24) is 4.98 Å². The first kappa shape index (κ1) is 26.7. The fourth-order valence-electron chi connectivity index (χ4n) is 5.66. The number of thiophene rings is 2. The third kappa shape index (κ3) is 4.75. The van der Waals surface area contributed by atoms with Crippen molar-refractivity contribution < 1.29 is 4.74 Å². The molecule has 0 saturated heterocycles. The number of para-hydroxylation sites is 1. The normalized spacial score (nSPS) is 14.0. The summed E-state index contributed by atoms with van der Waals surface area (Å²) in [6, 6.07) is 30.0. The lowest BCUT2D eigenvalue weighted by Crippen LogP contribution is -2.26. The molecule has 4 nitrogen and oxygen atoms in total. The van der Waals surface area contributed by atoms with Gasteiger partial charge < -0.3 is 14.5 Å². The van der Waals surface area contributed by atoms with Gasteiger partial charge in [-0.05, 0) is 84.1 Å². The lowest BCUT2D eigenvalue weighted by atomic mass is 9.86. The van der Waals surface area contributed by atoms with E-state index in [2.05, 4.69) is 129 Å². The van der Waals surface area contributed by atoms with E-state index in [1.807, 2.05) is 12.3 Å². The van der Waals surface area contributed by atoms with Crippen molar-refractivity contribution in [2.45, 2.75) is 40.0 Å². The summed E-state index contributed by atoms with van der Waals surface area (Å²) in [6.45, 7) is 11.9. The summed E-state index contributed by atoms with van der Waals surface area (Å²) in [4.78, 5) is 9.55. The molecule has 0 atom stereocenters. The zero-order chi connectivity index (χ0) is 29.0. The number of hydrogen-bond donors (Lipinski definition) is 0. The van der Waals surface area contributed by atoms with E-state index >= 15 is 0 Å². The Morgan fingerprint density at radius 1 is 0.810 bits per heavy atom. The molecule has 0 radical (unpaired) electrons. The quantitative estimate of drug-likeness (QED) is 0.201. The van der Waals surface area contributed by atoms with Crippen molar-refractivity contribution >= 4 is 54.2 Å². The zero-order valence-electron chi connectivity index (χ0n) is 24.5. The van der Waals surface area contributed by atoms with Crippen molar-refractivity contribution in [3.05, 3.63) is 113 Å². The van der Waals surface area contributed by atoms with Crippen molar-refractivity contribution in [3.63, 3.8) is 0 Å². The van der Waals surface area contributed by atoms with Crippen molar-refractivity contribution in [2.24, 2.45) is 0 Å². The molecule has 0 bridgehead atoms. The van der Waals surface area contributed by atoms with Gasteiger partial charge in [-0.3, -0.25) is 4.98 Å². The molecule has 1 aliphatic heterocycles. The van der Waals surface area contributed by atoms with Crippen LogP contribution in [0.3, 0.4) is 0 Å². The van der Waals surface area contributed by atoms with Gasteiger partial charge in [0.05, 0.1) is 12.4 Å². The van der Waals surface area contributed by atoms with Crippen LogP contribution in [0.25, 0.3) is 31.4 Å². The molecule has 0 aliphatic carbocycles. The SMILES string of the molecule is CC1=C(C)N(c2cccc(Oc3cc4c(-c5cc(C(C)(C)C)ccn5)c5sccc5cc4s3)c2)CN1c1ccccc1. The largest absolute Gasteiger partial charge is 0.447 e. The summed E-state index contributed by atoms with van der Waals surface area (Å²) in [6.07, 6.45) is 1.94. The molecule has 0 spiro atoms. The molecule has 0 saturated carbocycles. The second-order valence-corrected chi connectivity index (χ2v) is 13.8. The predicted octanol–water partition coefficient (Wildman–Crippen LogP) is 10.8. The smallest absolute Gasteiger partial charge is 0.182 e. The highest BCUT2D eigenvalue weighted by atomic mass is 32.1. The van der Waals surface area contributed by atoms with Crippen LogP contribution < -0.4 is 14.5 Å². The number of nitrogens with zero attached hydrogens (tertiary/aromatic N) is 3. The average Bonchev–Trinajstić information content (AvgIpc) is 3.69. The second-order valence-electron chi connectivity index (χ2n) is 11.9. The van der Waals surface area contributed by atoms with Gasteiger partial charge in [0.25, 0.3) is 0 Å². The molecule has 0 unspecified atom stereocenters. The fraction of sp³-hybridized carbons (Fsp3) is 0.194. The van der Waals surface area contributed by atoms with Crippen LogP contribution in [0.4, 0.5) is 11.4 Å². The standard InChI is InChI=1S/C36H33N3OS2/c1-23-24(2)39(22-38(23)27-10-7-6-8-11-27)28-12-9-13-29(20-28)40-33-21-30-32(42-33)18-25-15-17-41-35(25)34(30)31-19-26(14-16-37-31)36(3,4)5/h6-21H,22H2,1-5H3. The van der Waals surface area contributed by atoms with Gasteiger partial charge in [-0.2, -0.15) is 0 Å². The predicted molar refractivity (Wildman–Crippen MR) is 180 cm³/mol. The van der Waals surface area contributed by atoms with E-state index in [9.17, 15) is 0 Å². The highest BCUT2D eigenvalue weighted by Gasteiger charge is 2.26. The molecular weight excluding hydrogens is 555 g/mol. The van der Waals surface area contributed by atoms with Crippen molar-refractivity contribution in [2.75, 3.05) is 16.5 Å². The van der Waals surface area contributed by atoms with E-state index in [-0.39, 0.29) is 5.41 Å². The van der Waals surface area contributed by atoms with Crippen LogP contribution in [0, 0.1) is 0 Å². The fourth-order valence-corrected chi connectivity index (χ4v) is 7.59. The Balaban J connectivity index is 1.23. The number of allylic oxidation sites excluding steroid dienone is 2. The first-order valence-electron chi connectivity index (χ1n) is 14.2. The summed E-state index contributed by atoms with van der Waals surface area (Å²) in [5.74, 6) is 0.832. The van der Waals surface area contributed by atoms with Crippen LogP contribution in [-0.2, 0) is 5.41 Å². The Kier molecular flexibility index (Phi) is 6.56. The Hall–Kier alpha value is -4.13. The Bertz CT molecular complexity index is 1960. The van der Waals surface area contributed by atoms with E-state index in [1.165, 1.54) is 48.4 Å². The highest BCUT2D eigenvalue weighted by Crippen LogP contribution is 2.45. The molecule has 1 aliphatic rings. The summed E-state index contributed by atoms with van der Waals surface area (Å²) >= 11 is 3.46. The molecule has 0 fully saturated rings. The van der Waals surface area contributed by atoms with E-state index in [1.54, 1.807) is 22.7 Å². The van der Waals surface area contributed by atoms with Gasteiger partial charge in [0, 0.05) is 61.4 Å². The molecule has 0 amide bonds. The first-order valence-corrected chi connectivity index (χ1v) is 15.9. The van der Waals surface area contributed by atoms with Gasteiger partial charge in [-0.1, -0.05) is 56.4 Å². The van der Waals surface area contributed by atoms with Crippen LogP contribution >= 0.6 is 22.7 Å². The third-order valence-corrected chi connectivity index (χ3v) is 10.0. The second kappa shape index (κ2) is 10.3. The van der Waals surface area contributed by atoms with E-state index in [0.717, 1.165) is 28.9 Å². The summed E-state index contributed by atoms with van der Waals surface area (Å²) in [5, 5.41) is 5.48. The lowest BCUT2D eigenvalue weighted by molar-refractivity contribution is 0.497. The summed E-state index contributed by atoms with van der Waals surface area (Å²) in [7, 11) is 0. The van der Waals surface area contributed by atoms with Crippen LogP contribution in [0.15, 0.2) is 108 Å². The van der Waals surface area contributed by atoms with Gasteiger partial charge in [0.1, 0.15) is 5.75 Å². The number of aromatic nitrogens is 1.